The number of hydrogen-bond acceptors (Lipinski definition) is 3. The van der Waals surface area contributed by atoms with Crippen LogP contribution < -0.4 is 5.32 Å². The lowest BCUT2D eigenvalue weighted by molar-refractivity contribution is -0.143. The van der Waals surface area contributed by atoms with E-state index in [9.17, 15) is 9.59 Å². The lowest BCUT2D eigenvalue weighted by atomic mass is 10.1. The predicted molar refractivity (Wildman–Crippen MR) is 79.0 cm³/mol. The Kier molecular flexibility index (Phi) is 6.50. The number of aryl methyl sites for hydroxylation is 1. The van der Waals surface area contributed by atoms with E-state index < -0.39 is 5.97 Å². The lowest BCUT2D eigenvalue weighted by Gasteiger charge is -2.07. The minimum atomic E-state index is -0.522. The van der Waals surface area contributed by atoms with E-state index in [1.807, 2.05) is 45.0 Å². The molecule has 0 fully saturated rings. The van der Waals surface area contributed by atoms with Crippen molar-refractivity contribution < 1.29 is 14.3 Å². The van der Waals surface area contributed by atoms with E-state index >= 15 is 0 Å². The van der Waals surface area contributed by atoms with Gasteiger partial charge in [-0.15, -0.1) is 0 Å². The van der Waals surface area contributed by atoms with Gasteiger partial charge in [-0.25, -0.2) is 4.79 Å². The van der Waals surface area contributed by atoms with Crippen molar-refractivity contribution in [2.45, 2.75) is 20.8 Å². The zero-order chi connectivity index (χ0) is 15.0. The highest BCUT2D eigenvalue weighted by Gasteiger charge is 2.05. The molecule has 1 amide bonds. The molecule has 4 nitrogen and oxygen atoms in total. The summed E-state index contributed by atoms with van der Waals surface area (Å²) in [6, 6.07) is 7.75. The van der Waals surface area contributed by atoms with Crippen LogP contribution in [-0.2, 0) is 14.3 Å². The quantitative estimate of drug-likeness (QED) is 0.640. The molecular weight excluding hydrogens is 254 g/mol. The largest absolute Gasteiger partial charge is 0.452 e. The maximum absolute atomic E-state index is 11.5. The normalized spacial score (nSPS) is 10.8. The van der Waals surface area contributed by atoms with Crippen LogP contribution in [0.5, 0.6) is 0 Å². The summed E-state index contributed by atoms with van der Waals surface area (Å²) in [5, 5.41) is 2.68. The fourth-order valence-corrected chi connectivity index (χ4v) is 1.49. The summed E-state index contributed by atoms with van der Waals surface area (Å²) in [6.45, 7) is 6.31. The first kappa shape index (κ1) is 16.0. The number of benzene rings is 1. The Labute approximate surface area is 119 Å². The summed E-state index contributed by atoms with van der Waals surface area (Å²) in [4.78, 5) is 22.8. The van der Waals surface area contributed by atoms with Gasteiger partial charge in [-0.2, -0.15) is 0 Å². The molecule has 0 radical (unpaired) electrons. The van der Waals surface area contributed by atoms with Gasteiger partial charge in [0.05, 0.1) is 0 Å². The molecule has 0 aliphatic rings. The Hall–Kier alpha value is -2.10. The second kappa shape index (κ2) is 8.15. The topological polar surface area (TPSA) is 55.4 Å². The number of rotatable bonds is 6. The van der Waals surface area contributed by atoms with Crippen molar-refractivity contribution in [2.24, 2.45) is 5.92 Å². The Bertz CT molecular complexity index is 492. The van der Waals surface area contributed by atoms with Gasteiger partial charge in [0.25, 0.3) is 5.91 Å². The van der Waals surface area contributed by atoms with E-state index in [2.05, 4.69) is 5.32 Å². The third-order valence-electron chi connectivity index (χ3n) is 2.51. The number of esters is 1. The molecule has 0 unspecified atom stereocenters. The van der Waals surface area contributed by atoms with Crippen LogP contribution in [0.25, 0.3) is 6.08 Å². The molecule has 1 aromatic carbocycles. The second-order valence-electron chi connectivity index (χ2n) is 5.05. The van der Waals surface area contributed by atoms with Crippen LogP contribution in [0.1, 0.15) is 25.0 Å². The molecule has 1 rings (SSSR count). The molecule has 1 aromatic rings. The van der Waals surface area contributed by atoms with E-state index in [1.54, 1.807) is 6.08 Å². The first-order valence-electron chi connectivity index (χ1n) is 6.65. The molecule has 0 spiro atoms. The molecule has 0 heterocycles. The summed E-state index contributed by atoms with van der Waals surface area (Å²) in [7, 11) is 0. The van der Waals surface area contributed by atoms with Gasteiger partial charge in [-0.05, 0) is 24.5 Å². The molecule has 0 aliphatic carbocycles. The molecule has 0 saturated carbocycles. The van der Waals surface area contributed by atoms with Crippen molar-refractivity contribution in [3.05, 3.63) is 41.5 Å². The minimum absolute atomic E-state index is 0.246. The average molecular weight is 275 g/mol. The van der Waals surface area contributed by atoms with E-state index in [0.717, 1.165) is 11.1 Å². The van der Waals surface area contributed by atoms with Crippen LogP contribution >= 0.6 is 0 Å². The number of carbonyl (C=O) groups excluding carboxylic acids is 2. The van der Waals surface area contributed by atoms with Crippen molar-refractivity contribution in [1.82, 2.24) is 5.32 Å². The molecular formula is C16H21NO3. The van der Waals surface area contributed by atoms with E-state index in [0.29, 0.717) is 12.5 Å². The van der Waals surface area contributed by atoms with Crippen molar-refractivity contribution in [3.8, 4) is 0 Å². The fraction of sp³-hybridized carbons (Fsp3) is 0.375. The van der Waals surface area contributed by atoms with Gasteiger partial charge < -0.3 is 10.1 Å². The van der Waals surface area contributed by atoms with Gasteiger partial charge in [0, 0.05) is 12.6 Å². The van der Waals surface area contributed by atoms with Crippen LogP contribution in [0.15, 0.2) is 30.3 Å². The monoisotopic (exact) mass is 275 g/mol. The van der Waals surface area contributed by atoms with Crippen LogP contribution in [0.4, 0.5) is 0 Å². The van der Waals surface area contributed by atoms with Gasteiger partial charge in [-0.1, -0.05) is 43.7 Å². The Balaban J connectivity index is 2.35. The number of ether oxygens (including phenoxy) is 1. The van der Waals surface area contributed by atoms with Gasteiger partial charge in [-0.3, -0.25) is 4.79 Å². The molecule has 1 N–H and O–H groups in total. The third-order valence-corrected chi connectivity index (χ3v) is 2.51. The van der Waals surface area contributed by atoms with Crippen molar-refractivity contribution >= 4 is 18.0 Å². The SMILES string of the molecule is Cc1cccc(/C=C/C(=O)OCC(=O)NCC(C)C)c1. The predicted octanol–water partition coefficient (Wildman–Crippen LogP) is 2.32. The smallest absolute Gasteiger partial charge is 0.331 e. The van der Waals surface area contributed by atoms with Crippen LogP contribution in [0.2, 0.25) is 0 Å². The molecule has 20 heavy (non-hydrogen) atoms. The Morgan fingerprint density at radius 3 is 2.75 bits per heavy atom. The molecule has 0 aliphatic heterocycles. The van der Waals surface area contributed by atoms with Crippen molar-refractivity contribution in [1.29, 1.82) is 0 Å². The van der Waals surface area contributed by atoms with Crippen molar-refractivity contribution in [2.75, 3.05) is 13.2 Å². The van der Waals surface area contributed by atoms with Crippen LogP contribution in [-0.4, -0.2) is 25.0 Å². The number of nitrogens with one attached hydrogen (secondary N) is 1. The van der Waals surface area contributed by atoms with Gasteiger partial charge in [0.15, 0.2) is 6.61 Å². The molecule has 0 bridgehead atoms. The maximum Gasteiger partial charge on any atom is 0.331 e. The summed E-state index contributed by atoms with van der Waals surface area (Å²) >= 11 is 0. The maximum atomic E-state index is 11.5. The van der Waals surface area contributed by atoms with E-state index in [-0.39, 0.29) is 12.5 Å². The van der Waals surface area contributed by atoms with Crippen LogP contribution in [0.3, 0.4) is 0 Å². The van der Waals surface area contributed by atoms with Gasteiger partial charge in [0.1, 0.15) is 0 Å². The number of hydrogen-bond donors (Lipinski definition) is 1. The highest BCUT2D eigenvalue weighted by molar-refractivity contribution is 5.89. The summed E-state index contributed by atoms with van der Waals surface area (Å²) in [5.41, 5.74) is 2.04. The highest BCUT2D eigenvalue weighted by atomic mass is 16.5. The fourth-order valence-electron chi connectivity index (χ4n) is 1.49. The second-order valence-corrected chi connectivity index (χ2v) is 5.05. The van der Waals surface area contributed by atoms with E-state index in [4.69, 9.17) is 4.74 Å². The average Bonchev–Trinajstić information content (AvgIpc) is 2.40. The molecule has 0 saturated heterocycles. The Morgan fingerprint density at radius 2 is 2.10 bits per heavy atom. The van der Waals surface area contributed by atoms with Crippen LogP contribution in [0, 0.1) is 12.8 Å². The zero-order valence-corrected chi connectivity index (χ0v) is 12.2. The molecule has 4 heteroatoms. The number of amides is 1. The Morgan fingerprint density at radius 1 is 1.35 bits per heavy atom. The summed E-state index contributed by atoms with van der Waals surface area (Å²) in [5.74, 6) is -0.432. The molecule has 108 valence electrons. The van der Waals surface area contributed by atoms with E-state index in [1.165, 1.54) is 6.08 Å². The van der Waals surface area contributed by atoms with Gasteiger partial charge >= 0.3 is 5.97 Å². The minimum Gasteiger partial charge on any atom is -0.452 e. The number of carbonyl (C=O) groups is 2. The first-order chi connectivity index (χ1) is 9.47. The third kappa shape index (κ3) is 6.73. The van der Waals surface area contributed by atoms with Gasteiger partial charge in [0.2, 0.25) is 0 Å². The molecule has 0 atom stereocenters. The molecule has 0 aromatic heterocycles. The van der Waals surface area contributed by atoms with Crippen molar-refractivity contribution in [3.63, 3.8) is 0 Å². The summed E-state index contributed by atoms with van der Waals surface area (Å²) < 4.78 is 4.85. The standard InChI is InChI=1S/C16H21NO3/c1-12(2)10-17-15(18)11-20-16(19)8-7-14-6-4-5-13(3)9-14/h4-9,12H,10-11H2,1-3H3,(H,17,18)/b8-7+. The summed E-state index contributed by atoms with van der Waals surface area (Å²) in [6.07, 6.45) is 2.99. The first-order valence-corrected chi connectivity index (χ1v) is 6.65. The zero-order valence-electron chi connectivity index (χ0n) is 12.2. The highest BCUT2D eigenvalue weighted by Crippen LogP contribution is 2.05. The lowest BCUT2D eigenvalue weighted by Crippen LogP contribution is -2.31.